The highest BCUT2D eigenvalue weighted by molar-refractivity contribution is 5.66. The molecule has 1 aliphatic rings. The number of hydrogen-bond acceptors (Lipinski definition) is 3. The van der Waals surface area contributed by atoms with Crippen molar-refractivity contribution in [1.29, 1.82) is 0 Å². The van der Waals surface area contributed by atoms with Gasteiger partial charge in [0, 0.05) is 18.5 Å². The van der Waals surface area contributed by atoms with Crippen molar-refractivity contribution in [1.82, 2.24) is 9.97 Å². The van der Waals surface area contributed by atoms with Crippen molar-refractivity contribution in [2.75, 3.05) is 0 Å². The van der Waals surface area contributed by atoms with Gasteiger partial charge in [-0.15, -0.1) is 0 Å². The summed E-state index contributed by atoms with van der Waals surface area (Å²) in [6.07, 6.45) is 8.80. The minimum absolute atomic E-state index is 0.221. The Hall–Kier alpha value is -1.45. The molecule has 0 aliphatic heterocycles. The normalized spacial score (nSPS) is 15.8. The molecule has 4 nitrogen and oxygen atoms in total. The van der Waals surface area contributed by atoms with Crippen LogP contribution in [0.4, 0.5) is 0 Å². The van der Waals surface area contributed by atoms with E-state index >= 15 is 0 Å². The summed E-state index contributed by atoms with van der Waals surface area (Å²) in [5, 5.41) is 8.60. The zero-order chi connectivity index (χ0) is 11.4. The van der Waals surface area contributed by atoms with Crippen LogP contribution in [0.3, 0.4) is 0 Å². The number of carbonyl (C=O) groups is 1. The quantitative estimate of drug-likeness (QED) is 0.825. The Morgan fingerprint density at radius 3 is 2.94 bits per heavy atom. The van der Waals surface area contributed by atoms with Crippen LogP contribution in [0.15, 0.2) is 12.5 Å². The summed E-state index contributed by atoms with van der Waals surface area (Å²) in [4.78, 5) is 18.8. The minimum Gasteiger partial charge on any atom is -0.481 e. The van der Waals surface area contributed by atoms with Crippen LogP contribution in [-0.4, -0.2) is 21.0 Å². The van der Waals surface area contributed by atoms with Gasteiger partial charge >= 0.3 is 5.97 Å². The fourth-order valence-electron chi connectivity index (χ4n) is 2.04. The lowest BCUT2D eigenvalue weighted by Crippen LogP contribution is -2.13. The number of hydrogen-bond donors (Lipinski definition) is 1. The third kappa shape index (κ3) is 2.56. The maximum atomic E-state index is 10.4. The third-order valence-corrected chi connectivity index (χ3v) is 3.15. The maximum absolute atomic E-state index is 10.4. The van der Waals surface area contributed by atoms with Gasteiger partial charge in [-0.1, -0.05) is 6.42 Å². The van der Waals surface area contributed by atoms with E-state index in [4.69, 9.17) is 5.11 Å². The van der Waals surface area contributed by atoms with Crippen LogP contribution < -0.4 is 0 Å². The molecule has 0 bridgehead atoms. The molecule has 0 atom stereocenters. The van der Waals surface area contributed by atoms with Gasteiger partial charge in [-0.25, -0.2) is 9.97 Å². The highest BCUT2D eigenvalue weighted by Crippen LogP contribution is 2.36. The van der Waals surface area contributed by atoms with Crippen LogP contribution in [0.1, 0.15) is 49.3 Å². The predicted molar refractivity (Wildman–Crippen MR) is 59.2 cm³/mol. The standard InChI is InChI=1S/C12H16N2O2/c15-11(16)6-2-5-10-7-13-8-14-12(10)9-3-1-4-9/h7-9H,1-6H2,(H,15,16). The largest absolute Gasteiger partial charge is 0.481 e. The van der Waals surface area contributed by atoms with Gasteiger partial charge < -0.3 is 5.11 Å². The third-order valence-electron chi connectivity index (χ3n) is 3.15. The van der Waals surface area contributed by atoms with Crippen LogP contribution in [0, 0.1) is 0 Å². The van der Waals surface area contributed by atoms with Crippen molar-refractivity contribution >= 4 is 5.97 Å². The van der Waals surface area contributed by atoms with Crippen LogP contribution in [0.2, 0.25) is 0 Å². The van der Waals surface area contributed by atoms with Crippen LogP contribution in [0.5, 0.6) is 0 Å². The first-order valence-electron chi connectivity index (χ1n) is 5.78. The molecule has 86 valence electrons. The Labute approximate surface area is 94.7 Å². The number of aliphatic carboxylic acids is 1. The molecule has 0 spiro atoms. The molecule has 1 aromatic rings. The lowest BCUT2D eigenvalue weighted by molar-refractivity contribution is -0.137. The summed E-state index contributed by atoms with van der Waals surface area (Å²) in [5.74, 6) is -0.148. The molecule has 0 radical (unpaired) electrons. The van der Waals surface area contributed by atoms with Crippen LogP contribution in [-0.2, 0) is 11.2 Å². The van der Waals surface area contributed by atoms with Gasteiger partial charge in [0.25, 0.3) is 0 Å². The molecular weight excluding hydrogens is 204 g/mol. The van der Waals surface area contributed by atoms with E-state index in [9.17, 15) is 4.79 Å². The van der Waals surface area contributed by atoms with Crippen molar-refractivity contribution in [3.05, 3.63) is 23.8 Å². The predicted octanol–water partition coefficient (Wildman–Crippen LogP) is 2.15. The van der Waals surface area contributed by atoms with Gasteiger partial charge in [0.05, 0.1) is 5.69 Å². The smallest absolute Gasteiger partial charge is 0.303 e. The number of nitrogens with zero attached hydrogens (tertiary/aromatic N) is 2. The van der Waals surface area contributed by atoms with E-state index < -0.39 is 5.97 Å². The SMILES string of the molecule is O=C(O)CCCc1cncnc1C1CCC1. The summed E-state index contributed by atoms with van der Waals surface area (Å²) in [7, 11) is 0. The molecule has 0 saturated heterocycles. The Morgan fingerprint density at radius 2 is 2.31 bits per heavy atom. The molecule has 0 unspecified atom stereocenters. The molecule has 1 saturated carbocycles. The van der Waals surface area contributed by atoms with E-state index in [-0.39, 0.29) is 6.42 Å². The van der Waals surface area contributed by atoms with Crippen molar-refractivity contribution < 1.29 is 9.90 Å². The molecule has 1 N–H and O–H groups in total. The molecule has 1 fully saturated rings. The summed E-state index contributed by atoms with van der Waals surface area (Å²) in [5.41, 5.74) is 2.28. The lowest BCUT2D eigenvalue weighted by atomic mass is 9.81. The molecule has 1 heterocycles. The molecule has 4 heteroatoms. The van der Waals surface area contributed by atoms with E-state index in [1.165, 1.54) is 19.3 Å². The average molecular weight is 220 g/mol. The highest BCUT2D eigenvalue weighted by atomic mass is 16.4. The summed E-state index contributed by atoms with van der Waals surface area (Å²) in [6, 6.07) is 0. The molecule has 2 rings (SSSR count). The second-order valence-electron chi connectivity index (χ2n) is 4.31. The zero-order valence-electron chi connectivity index (χ0n) is 9.22. The summed E-state index contributed by atoms with van der Waals surface area (Å²) < 4.78 is 0. The highest BCUT2D eigenvalue weighted by Gasteiger charge is 2.23. The van der Waals surface area contributed by atoms with Gasteiger partial charge in [-0.3, -0.25) is 4.79 Å². The van der Waals surface area contributed by atoms with E-state index in [2.05, 4.69) is 9.97 Å². The molecule has 1 aromatic heterocycles. The van der Waals surface area contributed by atoms with E-state index in [1.54, 1.807) is 6.33 Å². The van der Waals surface area contributed by atoms with Gasteiger partial charge in [0.15, 0.2) is 0 Å². The Bertz CT molecular complexity index is 375. The average Bonchev–Trinajstić information content (AvgIpc) is 2.17. The first-order chi connectivity index (χ1) is 7.77. The minimum atomic E-state index is -0.734. The van der Waals surface area contributed by atoms with Crippen molar-refractivity contribution in [2.45, 2.75) is 44.4 Å². The van der Waals surface area contributed by atoms with Gasteiger partial charge in [0.2, 0.25) is 0 Å². The topological polar surface area (TPSA) is 63.1 Å². The fraction of sp³-hybridized carbons (Fsp3) is 0.583. The molecule has 0 amide bonds. The van der Waals surface area contributed by atoms with Gasteiger partial charge in [-0.05, 0) is 31.2 Å². The zero-order valence-corrected chi connectivity index (χ0v) is 9.22. The van der Waals surface area contributed by atoms with E-state index in [0.717, 1.165) is 17.7 Å². The molecule has 1 aliphatic carbocycles. The van der Waals surface area contributed by atoms with E-state index in [0.29, 0.717) is 12.3 Å². The lowest BCUT2D eigenvalue weighted by Gasteiger charge is -2.26. The molecular formula is C12H16N2O2. The fourth-order valence-corrected chi connectivity index (χ4v) is 2.04. The van der Waals surface area contributed by atoms with Gasteiger partial charge in [-0.2, -0.15) is 0 Å². The molecule has 0 aromatic carbocycles. The van der Waals surface area contributed by atoms with E-state index in [1.807, 2.05) is 6.20 Å². The Morgan fingerprint density at radius 1 is 1.50 bits per heavy atom. The van der Waals surface area contributed by atoms with Crippen LogP contribution >= 0.6 is 0 Å². The summed E-state index contributed by atoms with van der Waals surface area (Å²) in [6.45, 7) is 0. The first kappa shape index (κ1) is 11.0. The summed E-state index contributed by atoms with van der Waals surface area (Å²) >= 11 is 0. The molecule has 16 heavy (non-hydrogen) atoms. The second-order valence-corrected chi connectivity index (χ2v) is 4.31. The first-order valence-corrected chi connectivity index (χ1v) is 5.78. The second kappa shape index (κ2) is 5.05. The monoisotopic (exact) mass is 220 g/mol. The van der Waals surface area contributed by atoms with Crippen LogP contribution in [0.25, 0.3) is 0 Å². The maximum Gasteiger partial charge on any atom is 0.303 e. The number of aromatic nitrogens is 2. The van der Waals surface area contributed by atoms with Crippen molar-refractivity contribution in [2.24, 2.45) is 0 Å². The van der Waals surface area contributed by atoms with Crippen molar-refractivity contribution in [3.8, 4) is 0 Å². The Kier molecular flexibility index (Phi) is 3.49. The Balaban J connectivity index is 1.98. The van der Waals surface area contributed by atoms with Gasteiger partial charge in [0.1, 0.15) is 6.33 Å². The number of rotatable bonds is 5. The number of carboxylic acid groups (broad SMARTS) is 1. The van der Waals surface area contributed by atoms with Crippen molar-refractivity contribution in [3.63, 3.8) is 0 Å². The number of carboxylic acids is 1. The number of aryl methyl sites for hydroxylation is 1.